The van der Waals surface area contributed by atoms with Gasteiger partial charge in [0, 0.05) is 23.8 Å². The van der Waals surface area contributed by atoms with Gasteiger partial charge in [-0.1, -0.05) is 6.42 Å². The summed E-state index contributed by atoms with van der Waals surface area (Å²) in [7, 11) is 1.81. The fourth-order valence-corrected chi connectivity index (χ4v) is 1.74. The van der Waals surface area contributed by atoms with Crippen LogP contribution in [0, 0.1) is 0 Å². The maximum atomic E-state index is 11.6. The van der Waals surface area contributed by atoms with Crippen LogP contribution in [0.5, 0.6) is 0 Å². The smallest absolute Gasteiger partial charge is 0.515 e. The number of nitrogens with one attached hydrogen (secondary N) is 2. The molecule has 0 heterocycles. The summed E-state index contributed by atoms with van der Waals surface area (Å²) in [4.78, 5) is 33.3. The van der Waals surface area contributed by atoms with E-state index in [1.165, 1.54) is 0 Å². The molecule has 0 aliphatic heterocycles. The third-order valence-corrected chi connectivity index (χ3v) is 2.69. The molecule has 7 heteroatoms. The molecule has 7 nitrogen and oxygen atoms in total. The largest absolute Gasteiger partial charge is 0.565 e. The highest BCUT2D eigenvalue weighted by molar-refractivity contribution is 5.80. The molecule has 116 valence electrons. The van der Waals surface area contributed by atoms with E-state index in [-0.39, 0.29) is 30.7 Å². The van der Waals surface area contributed by atoms with Crippen LogP contribution in [0.1, 0.15) is 39.0 Å². The lowest BCUT2D eigenvalue weighted by Crippen LogP contribution is -2.82. The van der Waals surface area contributed by atoms with Gasteiger partial charge in [0.2, 0.25) is 5.91 Å². The number of amides is 2. The van der Waals surface area contributed by atoms with Crippen molar-refractivity contribution < 1.29 is 24.8 Å². The molecule has 1 atom stereocenters. The zero-order valence-corrected chi connectivity index (χ0v) is 12.3. The Morgan fingerprint density at radius 1 is 1.15 bits per heavy atom. The number of quaternary nitrogens is 1. The molecule has 20 heavy (non-hydrogen) atoms. The van der Waals surface area contributed by atoms with E-state index in [0.29, 0.717) is 19.5 Å². The van der Waals surface area contributed by atoms with Crippen LogP contribution in [-0.4, -0.2) is 49.1 Å². The van der Waals surface area contributed by atoms with Crippen LogP contribution in [0.4, 0.5) is 0 Å². The lowest BCUT2D eigenvalue weighted by molar-refractivity contribution is -0.615. The molecule has 0 saturated carbocycles. The third kappa shape index (κ3) is 11.5. The first-order valence-electron chi connectivity index (χ1n) is 7.04. The van der Waals surface area contributed by atoms with Gasteiger partial charge in [-0.05, 0) is 19.8 Å². The molecule has 2 amide bonds. The van der Waals surface area contributed by atoms with Crippen LogP contribution >= 0.6 is 0 Å². The number of rotatable bonds is 11. The SMILES string of the molecule is C[NH2+]CC(=O)NC(C)CC(=O)NCCCCCC(=O)[OH2+]. The summed E-state index contributed by atoms with van der Waals surface area (Å²) in [6.07, 6.45) is 2.86. The summed E-state index contributed by atoms with van der Waals surface area (Å²) in [5, 5.41) is 14.0. The minimum absolute atomic E-state index is 0.0761. The van der Waals surface area contributed by atoms with E-state index in [1.54, 1.807) is 12.2 Å². The Balaban J connectivity index is 3.57. The Labute approximate surface area is 119 Å². The van der Waals surface area contributed by atoms with Crippen LogP contribution in [0.25, 0.3) is 0 Å². The van der Waals surface area contributed by atoms with E-state index in [9.17, 15) is 14.4 Å². The molecule has 0 aromatic rings. The van der Waals surface area contributed by atoms with Crippen molar-refractivity contribution in [1.82, 2.24) is 10.6 Å². The number of hydrogen-bond acceptors (Lipinski definition) is 3. The minimum atomic E-state index is -0.539. The molecule has 0 aliphatic rings. The Hall–Kier alpha value is -1.63. The van der Waals surface area contributed by atoms with Crippen molar-refractivity contribution in [3.05, 3.63) is 0 Å². The number of unbranched alkanes of at least 4 members (excludes halogenated alkanes) is 2. The summed E-state index contributed by atoms with van der Waals surface area (Å²) in [5.74, 6) is -0.703. The molecule has 6 N–H and O–H groups in total. The van der Waals surface area contributed by atoms with Crippen LogP contribution in [0.3, 0.4) is 0 Å². The number of hydrogen-bond donors (Lipinski definition) is 3. The second-order valence-electron chi connectivity index (χ2n) is 4.87. The van der Waals surface area contributed by atoms with Crippen molar-refractivity contribution >= 4 is 17.8 Å². The monoisotopic (exact) mass is 289 g/mol. The second-order valence-corrected chi connectivity index (χ2v) is 4.87. The molecule has 0 aromatic carbocycles. The molecule has 0 bridgehead atoms. The van der Waals surface area contributed by atoms with Crippen molar-refractivity contribution in [2.24, 2.45) is 0 Å². The van der Waals surface area contributed by atoms with E-state index in [1.807, 2.05) is 7.05 Å². The van der Waals surface area contributed by atoms with Gasteiger partial charge >= 0.3 is 5.97 Å². The average molecular weight is 289 g/mol. The van der Waals surface area contributed by atoms with Gasteiger partial charge in [-0.15, -0.1) is 0 Å². The van der Waals surface area contributed by atoms with E-state index in [0.717, 1.165) is 12.8 Å². The van der Waals surface area contributed by atoms with Crippen LogP contribution in [-0.2, 0) is 14.4 Å². The van der Waals surface area contributed by atoms with E-state index >= 15 is 0 Å². The van der Waals surface area contributed by atoms with Gasteiger partial charge in [-0.25, -0.2) is 0 Å². The summed E-state index contributed by atoms with van der Waals surface area (Å²) in [6.45, 7) is 2.72. The highest BCUT2D eigenvalue weighted by Gasteiger charge is 2.12. The predicted molar refractivity (Wildman–Crippen MR) is 75.0 cm³/mol. The van der Waals surface area contributed by atoms with Crippen LogP contribution in [0.15, 0.2) is 0 Å². The van der Waals surface area contributed by atoms with Gasteiger partial charge in [0.05, 0.1) is 7.05 Å². The molecular weight excluding hydrogens is 262 g/mol. The molecule has 0 aromatic heterocycles. The highest BCUT2D eigenvalue weighted by atomic mass is 16.4. The number of carbonyl (C=O) groups is 3. The normalized spacial score (nSPS) is 11.7. The van der Waals surface area contributed by atoms with Crippen LogP contribution in [0.2, 0.25) is 0 Å². The zero-order chi connectivity index (χ0) is 15.4. The Morgan fingerprint density at radius 2 is 1.85 bits per heavy atom. The molecule has 0 radical (unpaired) electrons. The first-order valence-corrected chi connectivity index (χ1v) is 7.04. The fourth-order valence-electron chi connectivity index (χ4n) is 1.74. The number of nitrogens with two attached hydrogens (primary N) is 1. The Kier molecular flexibility index (Phi) is 10.3. The molecule has 0 saturated heterocycles. The Morgan fingerprint density at radius 3 is 2.45 bits per heavy atom. The van der Waals surface area contributed by atoms with Gasteiger partial charge in [0.15, 0.2) is 6.54 Å². The number of likely N-dealkylation sites (N-methyl/N-ethyl adjacent to an activating group) is 1. The van der Waals surface area contributed by atoms with Gasteiger partial charge < -0.3 is 21.1 Å². The topological polar surface area (TPSA) is 115 Å². The molecule has 0 fully saturated rings. The van der Waals surface area contributed by atoms with Crippen molar-refractivity contribution in [1.29, 1.82) is 0 Å². The molecular formula is C13H27N3O4+2. The summed E-state index contributed by atoms with van der Waals surface area (Å²) in [6, 6.07) is -0.177. The standard InChI is InChI=1S/C13H25N3O4/c1-10(16-12(18)9-14-2)8-11(17)15-7-5-3-4-6-13(19)20/h10,14H,3-9H2,1-2H3,(H,15,17)(H,16,18)(H,19,20)/p+2. The predicted octanol–water partition coefficient (Wildman–Crippen LogP) is -2.00. The first kappa shape index (κ1) is 18.4. The summed E-state index contributed by atoms with van der Waals surface area (Å²) in [5.41, 5.74) is 0. The van der Waals surface area contributed by atoms with Crippen molar-refractivity contribution in [3.63, 3.8) is 0 Å². The molecule has 1 unspecified atom stereocenters. The maximum Gasteiger partial charge on any atom is 0.515 e. The quantitative estimate of drug-likeness (QED) is 0.302. The lowest BCUT2D eigenvalue weighted by Gasteiger charge is -2.12. The summed E-state index contributed by atoms with van der Waals surface area (Å²) < 4.78 is 0. The molecule has 0 rings (SSSR count). The highest BCUT2D eigenvalue weighted by Crippen LogP contribution is 1.99. The minimum Gasteiger partial charge on any atom is -0.565 e. The first-order chi connectivity index (χ1) is 9.45. The van der Waals surface area contributed by atoms with Gasteiger partial charge in [-0.3, -0.25) is 9.59 Å². The number of carbonyl (C=O) groups excluding carboxylic acids is 3. The van der Waals surface area contributed by atoms with Crippen molar-refractivity contribution in [2.75, 3.05) is 20.1 Å². The third-order valence-electron chi connectivity index (χ3n) is 2.69. The van der Waals surface area contributed by atoms with E-state index < -0.39 is 5.97 Å². The molecule has 0 spiro atoms. The van der Waals surface area contributed by atoms with Crippen LogP contribution < -0.4 is 16.0 Å². The van der Waals surface area contributed by atoms with E-state index in [4.69, 9.17) is 5.11 Å². The fraction of sp³-hybridized carbons (Fsp3) is 0.769. The van der Waals surface area contributed by atoms with Crippen molar-refractivity contribution in [2.45, 2.75) is 45.1 Å². The van der Waals surface area contributed by atoms with E-state index in [2.05, 4.69) is 10.6 Å². The molecule has 0 aliphatic carbocycles. The average Bonchev–Trinajstić information content (AvgIpc) is 2.33. The van der Waals surface area contributed by atoms with Gasteiger partial charge in [0.25, 0.3) is 5.91 Å². The summed E-state index contributed by atoms with van der Waals surface area (Å²) >= 11 is 0. The lowest BCUT2D eigenvalue weighted by atomic mass is 10.2. The van der Waals surface area contributed by atoms with Gasteiger partial charge in [-0.2, -0.15) is 0 Å². The van der Waals surface area contributed by atoms with Crippen molar-refractivity contribution in [3.8, 4) is 0 Å². The second kappa shape index (κ2) is 11.2. The Bertz CT molecular complexity index is 321. The van der Waals surface area contributed by atoms with Gasteiger partial charge in [0.1, 0.15) is 6.42 Å². The maximum absolute atomic E-state index is 11.6. The zero-order valence-electron chi connectivity index (χ0n) is 12.3.